The molecule has 0 bridgehead atoms. The Hall–Kier alpha value is -1.73. The zero-order valence-corrected chi connectivity index (χ0v) is 10.9. The number of hydrogen-bond donors (Lipinski definition) is 1. The summed E-state index contributed by atoms with van der Waals surface area (Å²) in [7, 11) is 0. The molecule has 19 heavy (non-hydrogen) atoms. The molecule has 1 fully saturated rings. The molecule has 104 valence electrons. The van der Waals surface area contributed by atoms with Gasteiger partial charge in [0, 0.05) is 32.2 Å². The number of hydrogen-bond acceptors (Lipinski definition) is 6. The number of piperazine rings is 1. The topological polar surface area (TPSA) is 88.5 Å². The number of pyridine rings is 1. The van der Waals surface area contributed by atoms with Crippen LogP contribution in [0.25, 0.3) is 0 Å². The van der Waals surface area contributed by atoms with Crippen LogP contribution in [0.5, 0.6) is 0 Å². The zero-order valence-electron chi connectivity index (χ0n) is 10.9. The van der Waals surface area contributed by atoms with E-state index in [1.165, 1.54) is 6.07 Å². The molecule has 0 aliphatic carbocycles. The average molecular weight is 265 g/mol. The van der Waals surface area contributed by atoms with Crippen LogP contribution in [0.2, 0.25) is 0 Å². The summed E-state index contributed by atoms with van der Waals surface area (Å²) in [5.74, 6) is -0.106. The molecule has 0 aromatic carbocycles. The van der Waals surface area contributed by atoms with Crippen LogP contribution in [0, 0.1) is 10.1 Å². The summed E-state index contributed by atoms with van der Waals surface area (Å²) < 4.78 is 0. The third-order valence-electron chi connectivity index (χ3n) is 3.34. The van der Waals surface area contributed by atoms with Crippen LogP contribution >= 0.6 is 0 Å². The highest BCUT2D eigenvalue weighted by atomic mass is 16.6. The summed E-state index contributed by atoms with van der Waals surface area (Å²) in [4.78, 5) is 18.5. The van der Waals surface area contributed by atoms with Crippen LogP contribution < -0.4 is 10.6 Å². The number of nitrogens with two attached hydrogens (primary N) is 1. The monoisotopic (exact) mass is 265 g/mol. The second kappa shape index (κ2) is 6.44. The molecule has 0 spiro atoms. The van der Waals surface area contributed by atoms with E-state index in [1.54, 1.807) is 12.3 Å². The van der Waals surface area contributed by atoms with Gasteiger partial charge in [0.05, 0.1) is 5.69 Å². The predicted molar refractivity (Wildman–Crippen MR) is 73.2 cm³/mol. The number of nitro groups is 1. The molecular weight excluding hydrogens is 246 g/mol. The second-order valence-electron chi connectivity index (χ2n) is 4.60. The molecule has 1 aliphatic heterocycles. The molecule has 0 saturated carbocycles. The van der Waals surface area contributed by atoms with Gasteiger partial charge in [-0.15, -0.1) is 0 Å². The molecule has 2 heterocycles. The molecule has 1 aromatic rings. The molecule has 0 atom stereocenters. The Morgan fingerprint density at radius 2 is 2.05 bits per heavy atom. The zero-order chi connectivity index (χ0) is 13.7. The molecule has 0 unspecified atom stereocenters. The Balaban J connectivity index is 1.88. The van der Waals surface area contributed by atoms with E-state index in [4.69, 9.17) is 5.73 Å². The summed E-state index contributed by atoms with van der Waals surface area (Å²) in [6.07, 6.45) is 2.60. The minimum absolute atomic E-state index is 0.106. The van der Waals surface area contributed by atoms with Crippen LogP contribution in [0.4, 0.5) is 11.5 Å². The van der Waals surface area contributed by atoms with Crippen molar-refractivity contribution in [2.75, 3.05) is 44.2 Å². The quantitative estimate of drug-likeness (QED) is 0.614. The van der Waals surface area contributed by atoms with Crippen molar-refractivity contribution >= 4 is 11.5 Å². The Kier molecular flexibility index (Phi) is 4.64. The summed E-state index contributed by atoms with van der Waals surface area (Å²) in [5, 5.41) is 10.5. The van der Waals surface area contributed by atoms with E-state index < -0.39 is 4.92 Å². The third-order valence-corrected chi connectivity index (χ3v) is 3.34. The van der Waals surface area contributed by atoms with E-state index in [9.17, 15) is 10.1 Å². The van der Waals surface area contributed by atoms with Crippen molar-refractivity contribution in [3.63, 3.8) is 0 Å². The van der Waals surface area contributed by atoms with Gasteiger partial charge < -0.3 is 20.7 Å². The van der Waals surface area contributed by atoms with Gasteiger partial charge in [-0.1, -0.05) is 0 Å². The number of anilines is 1. The Bertz CT molecular complexity index is 415. The Morgan fingerprint density at radius 1 is 1.32 bits per heavy atom. The average Bonchev–Trinajstić information content (AvgIpc) is 2.46. The minimum atomic E-state index is -0.478. The van der Waals surface area contributed by atoms with Crippen molar-refractivity contribution in [1.29, 1.82) is 0 Å². The van der Waals surface area contributed by atoms with Gasteiger partial charge in [-0.3, -0.25) is 4.90 Å². The fraction of sp³-hybridized carbons (Fsp3) is 0.583. The molecular formula is C12H19N5O2. The summed E-state index contributed by atoms with van der Waals surface area (Å²) in [6, 6.07) is 3.22. The fourth-order valence-corrected chi connectivity index (χ4v) is 2.22. The highest BCUT2D eigenvalue weighted by Crippen LogP contribution is 2.17. The highest BCUT2D eigenvalue weighted by Gasteiger charge is 2.18. The maximum atomic E-state index is 10.5. The smallest absolute Gasteiger partial charge is 0.363 e. The van der Waals surface area contributed by atoms with Crippen molar-refractivity contribution in [1.82, 2.24) is 9.88 Å². The lowest BCUT2D eigenvalue weighted by Crippen LogP contribution is -2.46. The van der Waals surface area contributed by atoms with Crippen molar-refractivity contribution in [3.05, 3.63) is 28.4 Å². The molecule has 1 aromatic heterocycles. The van der Waals surface area contributed by atoms with Crippen molar-refractivity contribution in [2.45, 2.75) is 6.42 Å². The molecule has 7 nitrogen and oxygen atoms in total. The first-order chi connectivity index (χ1) is 9.20. The first-order valence-corrected chi connectivity index (χ1v) is 6.48. The van der Waals surface area contributed by atoms with E-state index in [-0.39, 0.29) is 5.82 Å². The maximum Gasteiger partial charge on any atom is 0.363 e. The van der Waals surface area contributed by atoms with E-state index in [2.05, 4.69) is 14.8 Å². The normalized spacial score (nSPS) is 16.6. The van der Waals surface area contributed by atoms with Crippen LogP contribution in [-0.2, 0) is 0 Å². The fourth-order valence-electron chi connectivity index (χ4n) is 2.22. The molecule has 2 N–H and O–H groups in total. The highest BCUT2D eigenvalue weighted by molar-refractivity contribution is 5.46. The van der Waals surface area contributed by atoms with Gasteiger partial charge in [0.15, 0.2) is 6.20 Å². The minimum Gasteiger partial charge on any atom is -0.366 e. The SMILES string of the molecule is NCCCN1CCN(c2ccc([N+](=O)[O-])nc2)CC1. The number of nitrogens with zero attached hydrogens (tertiary/aromatic N) is 4. The lowest BCUT2D eigenvalue weighted by atomic mass is 10.2. The van der Waals surface area contributed by atoms with Crippen LogP contribution in [0.15, 0.2) is 18.3 Å². The van der Waals surface area contributed by atoms with Gasteiger partial charge in [-0.2, -0.15) is 0 Å². The lowest BCUT2D eigenvalue weighted by molar-refractivity contribution is -0.389. The van der Waals surface area contributed by atoms with E-state index in [0.29, 0.717) is 0 Å². The standard InChI is InChI=1S/C12H19N5O2/c13-4-1-5-15-6-8-16(9-7-15)11-2-3-12(14-10-11)17(18)19/h2-3,10H,1,4-9,13H2. The molecule has 2 rings (SSSR count). The summed E-state index contributed by atoms with van der Waals surface area (Å²) >= 11 is 0. The lowest BCUT2D eigenvalue weighted by Gasteiger charge is -2.35. The maximum absolute atomic E-state index is 10.5. The first-order valence-electron chi connectivity index (χ1n) is 6.48. The Morgan fingerprint density at radius 3 is 2.58 bits per heavy atom. The van der Waals surface area contributed by atoms with Crippen LogP contribution in [0.1, 0.15) is 6.42 Å². The second-order valence-corrected chi connectivity index (χ2v) is 4.60. The molecule has 1 aliphatic rings. The van der Waals surface area contributed by atoms with E-state index >= 15 is 0 Å². The number of rotatable bonds is 5. The first kappa shape index (κ1) is 13.7. The van der Waals surface area contributed by atoms with Crippen LogP contribution in [0.3, 0.4) is 0 Å². The molecule has 1 saturated heterocycles. The van der Waals surface area contributed by atoms with Gasteiger partial charge >= 0.3 is 5.82 Å². The van der Waals surface area contributed by atoms with E-state index in [1.807, 2.05) is 0 Å². The van der Waals surface area contributed by atoms with E-state index in [0.717, 1.165) is 51.4 Å². The van der Waals surface area contributed by atoms with Crippen molar-refractivity contribution < 1.29 is 4.92 Å². The Labute approximate surface area is 112 Å². The van der Waals surface area contributed by atoms with Crippen molar-refractivity contribution in [2.24, 2.45) is 5.73 Å². The van der Waals surface area contributed by atoms with Gasteiger partial charge in [0.2, 0.25) is 0 Å². The van der Waals surface area contributed by atoms with Gasteiger partial charge in [-0.05, 0) is 35.5 Å². The largest absolute Gasteiger partial charge is 0.366 e. The van der Waals surface area contributed by atoms with Crippen molar-refractivity contribution in [3.8, 4) is 0 Å². The predicted octanol–water partition coefficient (Wildman–Crippen LogP) is 0.461. The number of aromatic nitrogens is 1. The molecule has 0 amide bonds. The van der Waals surface area contributed by atoms with Gasteiger partial charge in [-0.25, -0.2) is 0 Å². The third kappa shape index (κ3) is 3.62. The molecule has 0 radical (unpaired) electrons. The summed E-state index contributed by atoms with van der Waals surface area (Å²) in [6.45, 7) is 5.61. The summed E-state index contributed by atoms with van der Waals surface area (Å²) in [5.41, 5.74) is 6.45. The van der Waals surface area contributed by atoms with Gasteiger partial charge in [0.25, 0.3) is 0 Å². The molecule has 7 heteroatoms. The van der Waals surface area contributed by atoms with Crippen LogP contribution in [-0.4, -0.2) is 54.1 Å². The van der Waals surface area contributed by atoms with Gasteiger partial charge in [0.1, 0.15) is 0 Å².